The third-order valence-corrected chi connectivity index (χ3v) is 2.70. The van der Waals surface area contributed by atoms with Crippen LogP contribution in [0, 0.1) is 0 Å². The van der Waals surface area contributed by atoms with Crippen molar-refractivity contribution in [3.05, 3.63) is 59.7 Å². The molecule has 92 valence electrons. The first-order valence-corrected chi connectivity index (χ1v) is 5.95. The second-order valence-electron chi connectivity index (χ2n) is 4.06. The Bertz CT molecular complexity index is 529. The Morgan fingerprint density at radius 3 is 2.00 bits per heavy atom. The highest BCUT2D eigenvalue weighted by atomic mass is 16.1. The van der Waals surface area contributed by atoms with Gasteiger partial charge in [0.15, 0.2) is 5.78 Å². The largest absolute Gasteiger partial charge is 0.399 e. The van der Waals surface area contributed by atoms with Gasteiger partial charge in [-0.15, -0.1) is 0 Å². The first-order chi connectivity index (χ1) is 8.70. The molecule has 0 saturated heterocycles. The summed E-state index contributed by atoms with van der Waals surface area (Å²) in [5.41, 5.74) is 8.62. The number of benzene rings is 2. The van der Waals surface area contributed by atoms with E-state index in [0.717, 1.165) is 12.2 Å². The van der Waals surface area contributed by atoms with Gasteiger partial charge in [-0.2, -0.15) is 0 Å². The number of carbonyl (C=O) groups excluding carboxylic acids is 1. The topological polar surface area (TPSA) is 55.1 Å². The van der Waals surface area contributed by atoms with Gasteiger partial charge in [0.25, 0.3) is 0 Å². The van der Waals surface area contributed by atoms with Gasteiger partial charge in [0, 0.05) is 29.0 Å². The molecule has 0 aliphatic heterocycles. The van der Waals surface area contributed by atoms with E-state index < -0.39 is 0 Å². The molecular weight excluding hydrogens is 224 g/mol. The highest BCUT2D eigenvalue weighted by Crippen LogP contribution is 2.14. The lowest BCUT2D eigenvalue weighted by Crippen LogP contribution is -2.02. The average Bonchev–Trinajstić information content (AvgIpc) is 2.40. The molecule has 0 bridgehead atoms. The zero-order chi connectivity index (χ0) is 13.0. The maximum Gasteiger partial charge on any atom is 0.193 e. The number of carbonyl (C=O) groups is 1. The molecule has 0 radical (unpaired) electrons. The molecule has 3 heteroatoms. The molecule has 0 atom stereocenters. The van der Waals surface area contributed by atoms with E-state index in [1.165, 1.54) is 0 Å². The molecule has 2 rings (SSSR count). The molecule has 0 aromatic heterocycles. The second kappa shape index (κ2) is 5.36. The molecule has 2 aromatic rings. The van der Waals surface area contributed by atoms with Crippen LogP contribution in [0.4, 0.5) is 11.4 Å². The van der Waals surface area contributed by atoms with Crippen LogP contribution >= 0.6 is 0 Å². The van der Waals surface area contributed by atoms with Gasteiger partial charge in [0.1, 0.15) is 0 Å². The molecule has 0 heterocycles. The van der Waals surface area contributed by atoms with Crippen molar-refractivity contribution in [1.29, 1.82) is 0 Å². The van der Waals surface area contributed by atoms with Gasteiger partial charge in [0.2, 0.25) is 0 Å². The molecule has 3 N–H and O–H groups in total. The lowest BCUT2D eigenvalue weighted by atomic mass is 10.0. The highest BCUT2D eigenvalue weighted by Gasteiger charge is 2.08. The number of anilines is 2. The predicted octanol–water partition coefficient (Wildman–Crippen LogP) is 2.93. The average molecular weight is 240 g/mol. The minimum Gasteiger partial charge on any atom is -0.399 e. The van der Waals surface area contributed by atoms with Crippen LogP contribution < -0.4 is 11.1 Å². The Morgan fingerprint density at radius 1 is 1.00 bits per heavy atom. The van der Waals surface area contributed by atoms with Crippen LogP contribution in [-0.2, 0) is 0 Å². The van der Waals surface area contributed by atoms with E-state index in [-0.39, 0.29) is 5.78 Å². The van der Waals surface area contributed by atoms with Gasteiger partial charge in [-0.3, -0.25) is 4.79 Å². The predicted molar refractivity (Wildman–Crippen MR) is 74.9 cm³/mol. The van der Waals surface area contributed by atoms with Crippen LogP contribution in [0.2, 0.25) is 0 Å². The minimum atomic E-state index is 0.0121. The summed E-state index contributed by atoms with van der Waals surface area (Å²) in [6.45, 7) is 2.90. The van der Waals surface area contributed by atoms with Gasteiger partial charge in [-0.1, -0.05) is 0 Å². The minimum absolute atomic E-state index is 0.0121. The number of rotatable bonds is 4. The van der Waals surface area contributed by atoms with Crippen LogP contribution in [0.15, 0.2) is 48.5 Å². The Labute approximate surface area is 107 Å². The van der Waals surface area contributed by atoms with E-state index in [1.54, 1.807) is 24.3 Å². The van der Waals surface area contributed by atoms with Crippen LogP contribution in [0.25, 0.3) is 0 Å². The van der Waals surface area contributed by atoms with Crippen molar-refractivity contribution in [2.45, 2.75) is 6.92 Å². The molecule has 3 nitrogen and oxygen atoms in total. The number of hydrogen-bond donors (Lipinski definition) is 2. The van der Waals surface area contributed by atoms with Crippen molar-refractivity contribution in [2.24, 2.45) is 0 Å². The van der Waals surface area contributed by atoms with Gasteiger partial charge in [-0.25, -0.2) is 0 Å². The molecule has 18 heavy (non-hydrogen) atoms. The van der Waals surface area contributed by atoms with Gasteiger partial charge in [0.05, 0.1) is 0 Å². The third-order valence-electron chi connectivity index (χ3n) is 2.70. The monoisotopic (exact) mass is 240 g/mol. The Morgan fingerprint density at radius 2 is 1.50 bits per heavy atom. The molecule has 0 aliphatic rings. The molecule has 0 saturated carbocycles. The summed E-state index contributed by atoms with van der Waals surface area (Å²) in [7, 11) is 0. The summed E-state index contributed by atoms with van der Waals surface area (Å²) >= 11 is 0. The number of nitrogens with two attached hydrogens (primary N) is 1. The SMILES string of the molecule is CCNc1ccc(C(=O)c2ccc(N)cc2)cc1. The lowest BCUT2D eigenvalue weighted by Gasteiger charge is -2.05. The summed E-state index contributed by atoms with van der Waals surface area (Å²) in [6, 6.07) is 14.4. The van der Waals surface area contributed by atoms with Crippen LogP contribution in [0.3, 0.4) is 0 Å². The van der Waals surface area contributed by atoms with Crippen molar-refractivity contribution in [3.63, 3.8) is 0 Å². The number of nitrogen functional groups attached to an aromatic ring is 1. The quantitative estimate of drug-likeness (QED) is 0.638. The smallest absolute Gasteiger partial charge is 0.193 e. The summed E-state index contributed by atoms with van der Waals surface area (Å²) in [5.74, 6) is 0.0121. The summed E-state index contributed by atoms with van der Waals surface area (Å²) in [6.07, 6.45) is 0. The molecule has 0 spiro atoms. The van der Waals surface area contributed by atoms with Crippen LogP contribution in [0.5, 0.6) is 0 Å². The fourth-order valence-electron chi connectivity index (χ4n) is 1.74. The first-order valence-electron chi connectivity index (χ1n) is 5.95. The summed E-state index contributed by atoms with van der Waals surface area (Å²) in [4.78, 5) is 12.2. The molecule has 2 aromatic carbocycles. The van der Waals surface area contributed by atoms with E-state index in [0.29, 0.717) is 16.8 Å². The second-order valence-corrected chi connectivity index (χ2v) is 4.06. The third kappa shape index (κ3) is 2.69. The van der Waals surface area contributed by atoms with E-state index in [9.17, 15) is 4.79 Å². The number of nitrogens with one attached hydrogen (secondary N) is 1. The molecule has 0 aliphatic carbocycles. The lowest BCUT2D eigenvalue weighted by molar-refractivity contribution is 0.103. The highest BCUT2D eigenvalue weighted by molar-refractivity contribution is 6.09. The van der Waals surface area contributed by atoms with Gasteiger partial charge < -0.3 is 11.1 Å². The van der Waals surface area contributed by atoms with Crippen molar-refractivity contribution >= 4 is 17.2 Å². The number of ketones is 1. The first kappa shape index (κ1) is 12.2. The zero-order valence-corrected chi connectivity index (χ0v) is 10.3. The van der Waals surface area contributed by atoms with E-state index >= 15 is 0 Å². The molecule has 0 amide bonds. The maximum atomic E-state index is 12.2. The van der Waals surface area contributed by atoms with Crippen LogP contribution in [-0.4, -0.2) is 12.3 Å². The summed E-state index contributed by atoms with van der Waals surface area (Å²) < 4.78 is 0. The molecule has 0 fully saturated rings. The van der Waals surface area contributed by atoms with Crippen molar-refractivity contribution < 1.29 is 4.79 Å². The fraction of sp³-hybridized carbons (Fsp3) is 0.133. The zero-order valence-electron chi connectivity index (χ0n) is 10.3. The fourth-order valence-corrected chi connectivity index (χ4v) is 1.74. The van der Waals surface area contributed by atoms with Gasteiger partial charge >= 0.3 is 0 Å². The Balaban J connectivity index is 2.20. The Hall–Kier alpha value is -2.29. The summed E-state index contributed by atoms with van der Waals surface area (Å²) in [5, 5.41) is 3.19. The maximum absolute atomic E-state index is 12.2. The van der Waals surface area contributed by atoms with E-state index in [4.69, 9.17) is 5.73 Å². The molecular formula is C15H16N2O. The standard InChI is InChI=1S/C15H16N2O/c1-2-17-14-9-5-12(6-10-14)15(18)11-3-7-13(16)8-4-11/h3-10,17H,2,16H2,1H3. The van der Waals surface area contributed by atoms with Crippen molar-refractivity contribution in [2.75, 3.05) is 17.6 Å². The number of hydrogen-bond acceptors (Lipinski definition) is 3. The molecule has 0 unspecified atom stereocenters. The van der Waals surface area contributed by atoms with Crippen molar-refractivity contribution in [3.8, 4) is 0 Å². The van der Waals surface area contributed by atoms with Crippen LogP contribution in [0.1, 0.15) is 22.8 Å². The normalized spacial score (nSPS) is 10.1. The van der Waals surface area contributed by atoms with E-state index in [1.807, 2.05) is 31.2 Å². The van der Waals surface area contributed by atoms with E-state index in [2.05, 4.69) is 5.32 Å². The van der Waals surface area contributed by atoms with Crippen molar-refractivity contribution in [1.82, 2.24) is 0 Å². The Kier molecular flexibility index (Phi) is 3.63. The van der Waals surface area contributed by atoms with Gasteiger partial charge in [-0.05, 0) is 55.5 Å².